The molecule has 12 nitrogen and oxygen atoms in total. The van der Waals surface area contributed by atoms with Gasteiger partial charge in [-0.15, -0.1) is 17.6 Å². The predicted octanol–water partition coefficient (Wildman–Crippen LogP) is 1.67. The van der Waals surface area contributed by atoms with Crippen LogP contribution < -0.4 is 0 Å². The van der Waals surface area contributed by atoms with Crippen molar-refractivity contribution in [1.82, 2.24) is 58.1 Å². The highest BCUT2D eigenvalue weighted by Gasteiger charge is 2.43. The largest absolute Gasteiger partial charge is 0.396 e. The lowest BCUT2D eigenvalue weighted by atomic mass is 9.49. The molecule has 0 unspecified atom stereocenters. The van der Waals surface area contributed by atoms with Crippen LogP contribution >= 0.6 is 0 Å². The van der Waals surface area contributed by atoms with Gasteiger partial charge in [-0.3, -0.25) is 0 Å². The highest BCUT2D eigenvalue weighted by atomic mass is 15.5. The van der Waals surface area contributed by atoms with E-state index >= 15 is 0 Å². The molecule has 7 rings (SSSR count). The maximum Gasteiger partial charge on any atom is 0.368 e. The van der Waals surface area contributed by atoms with E-state index in [0.29, 0.717) is 6.42 Å². The summed E-state index contributed by atoms with van der Waals surface area (Å²) in [5.41, 5.74) is 2.08. The first-order valence-corrected chi connectivity index (χ1v) is 12.1. The molecule has 6 heterocycles. The number of aromatic nitrogens is 12. The first-order chi connectivity index (χ1) is 18.3. The zero-order valence-electron chi connectivity index (χ0n) is 19.8. The molecule has 0 saturated heterocycles. The van der Waals surface area contributed by atoms with E-state index in [1.165, 1.54) is 0 Å². The molecule has 6 aromatic rings. The van der Waals surface area contributed by atoms with Crippen LogP contribution in [0.15, 0.2) is 134 Å². The molecule has 0 radical (unpaired) electrons. The lowest BCUT2D eigenvalue weighted by Gasteiger charge is -2.44. The van der Waals surface area contributed by atoms with Gasteiger partial charge in [-0.25, -0.2) is 30.6 Å². The molecule has 0 amide bonds. The average Bonchev–Trinajstić information content (AvgIpc) is 3.81. The molecular weight excluding hydrogens is 466 g/mol. The van der Waals surface area contributed by atoms with Crippen LogP contribution in [0.3, 0.4) is 0 Å². The molecule has 1 aliphatic carbocycles. The fourth-order valence-corrected chi connectivity index (χ4v) is 5.76. The summed E-state index contributed by atoms with van der Waals surface area (Å²) in [6.45, 7) is -3.87. The van der Waals surface area contributed by atoms with Crippen molar-refractivity contribution in [3.05, 3.63) is 134 Å². The van der Waals surface area contributed by atoms with Crippen LogP contribution in [0, 0.1) is 0 Å². The summed E-state index contributed by atoms with van der Waals surface area (Å²) in [6, 6.07) is 11.5. The van der Waals surface area contributed by atoms with Gasteiger partial charge < -0.3 is 27.6 Å². The van der Waals surface area contributed by atoms with E-state index in [1.54, 1.807) is 37.2 Å². The summed E-state index contributed by atoms with van der Waals surface area (Å²) >= 11 is 0. The standard InChI is InChI=1S/C23H22B2N12/c1-9-26-32(15-1)24(33-16-2-10-27-33,34-17-3-11-28-34)22-7-8-23(21-22)25(35-18-4-12-29-35,36-19-5-13-30-36)37-20-6-14-31-37/h1-7,9-21H,8H2/q-2. The third-order valence-electron chi connectivity index (χ3n) is 7.23. The van der Waals surface area contributed by atoms with Crippen molar-refractivity contribution < 1.29 is 0 Å². The van der Waals surface area contributed by atoms with Crippen molar-refractivity contribution in [2.75, 3.05) is 0 Å². The number of hydrogen-bond acceptors (Lipinski definition) is 6. The molecule has 0 atom stereocenters. The van der Waals surface area contributed by atoms with Crippen LogP contribution in [0.2, 0.25) is 0 Å². The molecule has 0 spiro atoms. The molecular formula is C23H22B2N12-2. The normalized spacial score (nSPS) is 14.2. The Morgan fingerprint density at radius 1 is 0.459 bits per heavy atom. The van der Waals surface area contributed by atoms with Crippen molar-refractivity contribution in [3.8, 4) is 0 Å². The second kappa shape index (κ2) is 8.22. The molecule has 0 N–H and O–H groups in total. The second-order valence-electron chi connectivity index (χ2n) is 9.01. The molecule has 0 aliphatic heterocycles. The van der Waals surface area contributed by atoms with Gasteiger partial charge >= 0.3 is 13.1 Å². The Bertz CT molecular complexity index is 1460. The second-order valence-corrected chi connectivity index (χ2v) is 9.01. The van der Waals surface area contributed by atoms with E-state index in [4.69, 9.17) is 15.3 Å². The van der Waals surface area contributed by atoms with Crippen LogP contribution in [0.1, 0.15) is 6.42 Å². The fourth-order valence-electron chi connectivity index (χ4n) is 5.76. The summed E-state index contributed by atoms with van der Waals surface area (Å²) < 4.78 is 11.6. The van der Waals surface area contributed by atoms with E-state index < -0.39 is 13.1 Å². The Hall–Kier alpha value is -5.13. The maximum atomic E-state index is 4.69. The molecule has 0 bridgehead atoms. The van der Waals surface area contributed by atoms with Crippen molar-refractivity contribution in [2.45, 2.75) is 6.42 Å². The highest BCUT2D eigenvalue weighted by Crippen LogP contribution is 2.34. The monoisotopic (exact) mass is 488 g/mol. The van der Waals surface area contributed by atoms with Crippen molar-refractivity contribution in [3.63, 3.8) is 0 Å². The summed E-state index contributed by atoms with van der Waals surface area (Å²) in [5, 5.41) is 28.1. The third kappa shape index (κ3) is 2.92. The number of nitrogens with zero attached hydrogens (tertiary/aromatic N) is 12. The first kappa shape index (κ1) is 21.2. The van der Waals surface area contributed by atoms with E-state index in [0.717, 1.165) is 10.9 Å². The molecule has 1 aliphatic rings. The Kier molecular flexibility index (Phi) is 4.71. The highest BCUT2D eigenvalue weighted by molar-refractivity contribution is 6.84. The van der Waals surface area contributed by atoms with Gasteiger partial charge in [-0.05, 0) is 80.0 Å². The van der Waals surface area contributed by atoms with Gasteiger partial charge in [0, 0.05) is 37.2 Å². The Balaban J connectivity index is 1.50. The van der Waals surface area contributed by atoms with E-state index in [9.17, 15) is 0 Å². The van der Waals surface area contributed by atoms with E-state index in [1.807, 2.05) is 101 Å². The van der Waals surface area contributed by atoms with E-state index in [2.05, 4.69) is 27.4 Å². The lowest BCUT2D eigenvalue weighted by molar-refractivity contribution is 0.730. The zero-order chi connectivity index (χ0) is 24.7. The Morgan fingerprint density at radius 3 is 1.08 bits per heavy atom. The van der Waals surface area contributed by atoms with Crippen LogP contribution in [0.4, 0.5) is 0 Å². The molecule has 0 saturated carbocycles. The van der Waals surface area contributed by atoms with Crippen molar-refractivity contribution >= 4 is 13.1 Å². The summed E-state index contributed by atoms with van der Waals surface area (Å²) in [7, 11) is 0. The Morgan fingerprint density at radius 2 is 0.784 bits per heavy atom. The summed E-state index contributed by atoms with van der Waals surface area (Å²) in [4.78, 5) is 0. The fraction of sp³-hybridized carbons (Fsp3) is 0.0435. The van der Waals surface area contributed by atoms with Gasteiger partial charge in [0.25, 0.3) is 0 Å². The third-order valence-corrected chi connectivity index (χ3v) is 7.23. The topological polar surface area (TPSA) is 107 Å². The zero-order valence-corrected chi connectivity index (χ0v) is 19.8. The van der Waals surface area contributed by atoms with Crippen LogP contribution in [-0.4, -0.2) is 71.3 Å². The Labute approximate surface area is 211 Å². The van der Waals surface area contributed by atoms with Gasteiger partial charge in [0.2, 0.25) is 0 Å². The predicted molar refractivity (Wildman–Crippen MR) is 138 cm³/mol. The molecule has 0 aromatic carbocycles. The molecule has 14 heteroatoms. The molecule has 182 valence electrons. The SMILES string of the molecule is C1=C([B-](n2cccn2)(n2cccn2)n2cccn2)C=C([B-](n2cccn2)(n2cccn2)n2cccn2)C1. The smallest absolute Gasteiger partial charge is 0.368 e. The van der Waals surface area contributed by atoms with E-state index in [-0.39, 0.29) is 0 Å². The minimum atomic E-state index is -1.95. The summed E-state index contributed by atoms with van der Waals surface area (Å²) in [5.74, 6) is 0. The van der Waals surface area contributed by atoms with Crippen molar-refractivity contribution in [1.29, 1.82) is 0 Å². The summed E-state index contributed by atoms with van der Waals surface area (Å²) in [6.07, 6.45) is 27.4. The van der Waals surface area contributed by atoms with Gasteiger partial charge in [0.15, 0.2) is 0 Å². The maximum absolute atomic E-state index is 4.69. The minimum absolute atomic E-state index is 0.641. The molecule has 6 aromatic heterocycles. The minimum Gasteiger partial charge on any atom is -0.396 e. The van der Waals surface area contributed by atoms with Gasteiger partial charge in [0.05, 0.1) is 0 Å². The van der Waals surface area contributed by atoms with Crippen molar-refractivity contribution in [2.24, 2.45) is 0 Å². The molecule has 0 fully saturated rings. The van der Waals surface area contributed by atoms with Crippen LogP contribution in [-0.2, 0) is 0 Å². The lowest BCUT2D eigenvalue weighted by Crippen LogP contribution is -2.62. The van der Waals surface area contributed by atoms with Gasteiger partial charge in [0.1, 0.15) is 0 Å². The van der Waals surface area contributed by atoms with Crippen LogP contribution in [0.25, 0.3) is 0 Å². The number of hydrogen-bond donors (Lipinski definition) is 0. The van der Waals surface area contributed by atoms with Gasteiger partial charge in [-0.1, -0.05) is 0 Å². The first-order valence-electron chi connectivity index (χ1n) is 12.1. The molecule has 37 heavy (non-hydrogen) atoms. The number of allylic oxidation sites excluding steroid dienone is 4. The van der Waals surface area contributed by atoms with Crippen LogP contribution in [0.5, 0.6) is 0 Å². The van der Waals surface area contributed by atoms with Gasteiger partial charge in [-0.2, -0.15) is 5.47 Å². The quantitative estimate of drug-likeness (QED) is 0.302. The average molecular weight is 488 g/mol. The number of rotatable bonds is 8.